The Balaban J connectivity index is 1.28. The van der Waals surface area contributed by atoms with Crippen LogP contribution < -0.4 is 26.4 Å². The van der Waals surface area contributed by atoms with E-state index in [0.717, 1.165) is 50.0 Å². The number of carbonyl (C=O) groups is 2. The van der Waals surface area contributed by atoms with Crippen LogP contribution in [0.15, 0.2) is 75.8 Å². The van der Waals surface area contributed by atoms with E-state index in [1.807, 2.05) is 52.1 Å². The Morgan fingerprint density at radius 1 is 1.00 bits per heavy atom. The highest BCUT2D eigenvalue weighted by molar-refractivity contribution is 6.07. The van der Waals surface area contributed by atoms with Crippen molar-refractivity contribution in [1.82, 2.24) is 25.6 Å². The lowest BCUT2D eigenvalue weighted by molar-refractivity contribution is -0.130. The SMILES string of the molecule is CC(C)[C@H](N)C(=O)NC1Cc2ccc3c(c2)C24c5cccc(c5NC2O3)-c2cccc3[nH]cc(c23)-c2cnc(o2)-c2nc(oc24)[C@H](C(C)C)NC1=O. The van der Waals surface area contributed by atoms with Crippen molar-refractivity contribution >= 4 is 28.4 Å². The minimum Gasteiger partial charge on any atom is -0.469 e. The Morgan fingerprint density at radius 3 is 2.65 bits per heavy atom. The van der Waals surface area contributed by atoms with Gasteiger partial charge in [-0.15, -0.1) is 0 Å². The first-order valence-corrected chi connectivity index (χ1v) is 17.8. The summed E-state index contributed by atoms with van der Waals surface area (Å²) in [6.07, 6.45) is 3.26. The van der Waals surface area contributed by atoms with Gasteiger partial charge in [0, 0.05) is 51.5 Å². The number of rotatable bonds is 4. The molecule has 0 fully saturated rings. The van der Waals surface area contributed by atoms with Crippen molar-refractivity contribution in [1.29, 1.82) is 0 Å². The lowest BCUT2D eigenvalue weighted by Gasteiger charge is -2.29. The van der Waals surface area contributed by atoms with Gasteiger partial charge in [-0.25, -0.2) is 9.97 Å². The fourth-order valence-corrected chi connectivity index (χ4v) is 8.43. The summed E-state index contributed by atoms with van der Waals surface area (Å²) in [7, 11) is 0. The summed E-state index contributed by atoms with van der Waals surface area (Å²) in [5, 5.41) is 10.9. The molecular formula is C40H37N7O5. The molecule has 0 saturated heterocycles. The second-order valence-corrected chi connectivity index (χ2v) is 15.0. The molecule has 262 valence electrons. The van der Waals surface area contributed by atoms with Gasteiger partial charge in [-0.1, -0.05) is 70.2 Å². The number of hydrogen-bond donors (Lipinski definition) is 5. The maximum atomic E-state index is 14.2. The van der Waals surface area contributed by atoms with E-state index >= 15 is 0 Å². The van der Waals surface area contributed by atoms with Crippen LogP contribution in [0.25, 0.3) is 44.9 Å². The Bertz CT molecular complexity index is 2470. The van der Waals surface area contributed by atoms with E-state index in [4.69, 9.17) is 29.3 Å². The van der Waals surface area contributed by atoms with Crippen molar-refractivity contribution in [2.75, 3.05) is 5.32 Å². The number of H-pyrrole nitrogens is 1. The fourth-order valence-electron chi connectivity index (χ4n) is 8.43. The second kappa shape index (κ2) is 10.8. The molecule has 3 aromatic heterocycles. The Hall–Kier alpha value is -5.88. The quantitative estimate of drug-likeness (QED) is 0.153. The molecule has 10 bridgehead atoms. The number of carbonyl (C=O) groups excluding carboxylic acids is 2. The molecule has 4 aliphatic heterocycles. The molecule has 10 rings (SSSR count). The minimum absolute atomic E-state index is 0.113. The number of nitrogens with one attached hydrogen (secondary N) is 4. The molecular weight excluding hydrogens is 658 g/mol. The normalized spacial score (nSPS) is 22.6. The molecule has 0 radical (unpaired) electrons. The number of fused-ring (bicyclic) bond motifs is 7. The first-order valence-electron chi connectivity index (χ1n) is 17.8. The highest BCUT2D eigenvalue weighted by Crippen LogP contribution is 2.61. The molecule has 12 heteroatoms. The number of anilines is 1. The molecule has 6 aromatic rings. The molecule has 7 heterocycles. The number of benzene rings is 3. The number of oxazole rings is 2. The zero-order chi connectivity index (χ0) is 35.6. The van der Waals surface area contributed by atoms with Gasteiger partial charge in [0.2, 0.25) is 23.6 Å². The van der Waals surface area contributed by atoms with Gasteiger partial charge in [0.1, 0.15) is 23.2 Å². The van der Waals surface area contributed by atoms with Gasteiger partial charge < -0.3 is 40.2 Å². The molecule has 2 amide bonds. The third-order valence-corrected chi connectivity index (χ3v) is 11.2. The van der Waals surface area contributed by atoms with Crippen molar-refractivity contribution in [3.05, 3.63) is 95.3 Å². The summed E-state index contributed by atoms with van der Waals surface area (Å²) >= 11 is 0. The van der Waals surface area contributed by atoms with E-state index in [2.05, 4.69) is 57.3 Å². The number of para-hydroxylation sites is 1. The molecule has 12 nitrogen and oxygen atoms in total. The first kappa shape index (κ1) is 30.9. The monoisotopic (exact) mass is 695 g/mol. The standard InChI is InChI=1S/C40H37N7O5/c1-17(2)30(41)36(49)44-26-14-19-11-12-27-24(13-19)40-23-9-5-8-21(32(23)47-39(40)51-27)20-7-6-10-25-29(20)22(15-42-25)28-16-43-37(50-28)33-34(40)52-38(46-33)31(18(3)4)45-35(26)48/h5-13,15-18,26,30-31,39,42,47H,14,41H2,1-4H3,(H,44,49)(H,45,48)/t26?,30-,31-,39?,40?/m0/s1. The highest BCUT2D eigenvalue weighted by Gasteiger charge is 2.61. The van der Waals surface area contributed by atoms with Crippen molar-refractivity contribution < 1.29 is 23.2 Å². The van der Waals surface area contributed by atoms with E-state index in [0.29, 0.717) is 28.9 Å². The molecule has 3 unspecified atom stereocenters. The number of hydrogen-bond acceptors (Lipinski definition) is 9. The van der Waals surface area contributed by atoms with Gasteiger partial charge in [0.25, 0.3) is 0 Å². The smallest absolute Gasteiger partial charge is 0.249 e. The zero-order valence-corrected chi connectivity index (χ0v) is 29.0. The Kier molecular flexibility index (Phi) is 6.43. The predicted molar refractivity (Wildman–Crippen MR) is 193 cm³/mol. The topological polar surface area (TPSA) is 173 Å². The van der Waals surface area contributed by atoms with Gasteiger partial charge in [-0.3, -0.25) is 9.59 Å². The maximum Gasteiger partial charge on any atom is 0.249 e. The Labute approximate surface area is 298 Å². The van der Waals surface area contributed by atoms with Gasteiger partial charge in [-0.2, -0.15) is 0 Å². The molecule has 52 heavy (non-hydrogen) atoms. The van der Waals surface area contributed by atoms with Crippen LogP contribution >= 0.6 is 0 Å². The zero-order valence-electron chi connectivity index (χ0n) is 29.0. The van der Waals surface area contributed by atoms with Crippen LogP contribution in [0, 0.1) is 11.8 Å². The third-order valence-electron chi connectivity index (χ3n) is 11.2. The molecule has 1 spiro atoms. The van der Waals surface area contributed by atoms with Crippen LogP contribution in [0.3, 0.4) is 0 Å². The van der Waals surface area contributed by atoms with Crippen LogP contribution in [0.4, 0.5) is 5.69 Å². The fraction of sp³-hybridized carbons (Fsp3) is 0.300. The Morgan fingerprint density at radius 2 is 1.83 bits per heavy atom. The van der Waals surface area contributed by atoms with Crippen molar-refractivity contribution in [2.45, 2.75) is 63.9 Å². The van der Waals surface area contributed by atoms with Gasteiger partial charge >= 0.3 is 0 Å². The van der Waals surface area contributed by atoms with Crippen LogP contribution in [0.5, 0.6) is 5.75 Å². The summed E-state index contributed by atoms with van der Waals surface area (Å²) in [5.41, 5.74) is 13.0. The molecule has 0 saturated carbocycles. The second-order valence-electron chi connectivity index (χ2n) is 15.0. The summed E-state index contributed by atoms with van der Waals surface area (Å²) in [4.78, 5) is 40.8. The van der Waals surface area contributed by atoms with Gasteiger partial charge in [0.05, 0.1) is 12.2 Å². The van der Waals surface area contributed by atoms with Crippen LogP contribution in [-0.4, -0.2) is 45.1 Å². The van der Waals surface area contributed by atoms with E-state index in [1.165, 1.54) is 0 Å². The predicted octanol–water partition coefficient (Wildman–Crippen LogP) is 5.77. The van der Waals surface area contributed by atoms with Crippen LogP contribution in [0.2, 0.25) is 0 Å². The largest absolute Gasteiger partial charge is 0.469 e. The maximum absolute atomic E-state index is 14.2. The third kappa shape index (κ3) is 4.12. The number of ether oxygens (including phenoxy) is 1. The van der Waals surface area contributed by atoms with Crippen molar-refractivity contribution in [3.63, 3.8) is 0 Å². The average molecular weight is 696 g/mol. The number of amides is 2. The minimum atomic E-state index is -1.04. The number of aromatic nitrogens is 3. The summed E-state index contributed by atoms with van der Waals surface area (Å²) < 4.78 is 20.4. The molecule has 4 aliphatic rings. The first-order chi connectivity index (χ1) is 25.1. The number of aromatic amines is 1. The van der Waals surface area contributed by atoms with Crippen molar-refractivity contribution in [2.24, 2.45) is 17.6 Å². The number of nitrogens with zero attached hydrogens (tertiary/aromatic N) is 2. The lowest BCUT2D eigenvalue weighted by Crippen LogP contribution is -2.54. The summed E-state index contributed by atoms with van der Waals surface area (Å²) in [6.45, 7) is 7.73. The van der Waals surface area contributed by atoms with E-state index < -0.39 is 35.7 Å². The lowest BCUT2D eigenvalue weighted by atomic mass is 9.72. The summed E-state index contributed by atoms with van der Waals surface area (Å²) in [5.74, 6) is 1.30. The molecule has 6 N–H and O–H groups in total. The molecule has 5 atom stereocenters. The highest BCUT2D eigenvalue weighted by atomic mass is 16.5. The number of nitrogens with two attached hydrogens (primary N) is 1. The van der Waals surface area contributed by atoms with Crippen LogP contribution in [0.1, 0.15) is 62.1 Å². The molecule has 3 aromatic carbocycles. The van der Waals surface area contributed by atoms with E-state index in [9.17, 15) is 9.59 Å². The summed E-state index contributed by atoms with van der Waals surface area (Å²) in [6, 6.07) is 16.1. The molecule has 0 aliphatic carbocycles. The van der Waals surface area contributed by atoms with Gasteiger partial charge in [0.15, 0.2) is 23.4 Å². The van der Waals surface area contributed by atoms with E-state index in [-0.39, 0.29) is 30.1 Å². The average Bonchev–Trinajstić information content (AvgIpc) is 3.95. The van der Waals surface area contributed by atoms with Crippen molar-refractivity contribution in [3.8, 4) is 39.8 Å². The van der Waals surface area contributed by atoms with E-state index in [1.54, 1.807) is 6.20 Å². The van der Waals surface area contributed by atoms with Crippen LogP contribution in [-0.2, 0) is 21.4 Å². The van der Waals surface area contributed by atoms with Gasteiger partial charge in [-0.05, 0) is 35.1 Å².